The van der Waals surface area contributed by atoms with Gasteiger partial charge in [-0.1, -0.05) is 36.4 Å². The molecule has 0 bridgehead atoms. The van der Waals surface area contributed by atoms with E-state index in [9.17, 15) is 5.11 Å². The van der Waals surface area contributed by atoms with Crippen molar-refractivity contribution in [2.45, 2.75) is 6.04 Å². The highest BCUT2D eigenvalue weighted by atomic mass is 16.3. The Morgan fingerprint density at radius 1 is 1.10 bits per heavy atom. The lowest BCUT2D eigenvalue weighted by Gasteiger charge is -2.19. The molecule has 4 heteroatoms. The van der Waals surface area contributed by atoms with Crippen molar-refractivity contribution in [3.05, 3.63) is 66.4 Å². The fourth-order valence-corrected chi connectivity index (χ4v) is 2.40. The first-order chi connectivity index (χ1) is 10.3. The second-order valence-corrected chi connectivity index (χ2v) is 4.91. The van der Waals surface area contributed by atoms with E-state index in [2.05, 4.69) is 10.3 Å². The molecule has 4 nitrogen and oxygen atoms in total. The fraction of sp³-hybridized carbons (Fsp3) is 0.118. The summed E-state index contributed by atoms with van der Waals surface area (Å²) in [6, 6.07) is 17.2. The average molecular weight is 279 g/mol. The number of hydrogen-bond acceptors (Lipinski definition) is 4. The van der Waals surface area contributed by atoms with Gasteiger partial charge in [-0.05, 0) is 29.1 Å². The molecular weight excluding hydrogens is 262 g/mol. The monoisotopic (exact) mass is 279 g/mol. The average Bonchev–Trinajstić information content (AvgIpc) is 2.53. The lowest BCUT2D eigenvalue weighted by atomic mass is 10.1. The predicted octanol–water partition coefficient (Wildman–Crippen LogP) is 3.05. The Morgan fingerprint density at radius 2 is 1.90 bits per heavy atom. The Morgan fingerprint density at radius 3 is 2.67 bits per heavy atom. The van der Waals surface area contributed by atoms with Crippen LogP contribution in [0.5, 0.6) is 5.75 Å². The molecule has 0 fully saturated rings. The summed E-state index contributed by atoms with van der Waals surface area (Å²) in [5.41, 5.74) is 7.00. The summed E-state index contributed by atoms with van der Waals surface area (Å²) in [6.07, 6.45) is 1.75. The largest absolute Gasteiger partial charge is 0.508 e. The SMILES string of the molecule is NCC(Nc1nccc2ccc(O)cc12)c1ccccc1. The number of hydrogen-bond donors (Lipinski definition) is 3. The van der Waals surface area contributed by atoms with Crippen LogP contribution in [0.4, 0.5) is 5.82 Å². The molecule has 4 N–H and O–H groups in total. The number of phenols is 1. The first-order valence-electron chi connectivity index (χ1n) is 6.87. The summed E-state index contributed by atoms with van der Waals surface area (Å²) in [5.74, 6) is 0.949. The van der Waals surface area contributed by atoms with Gasteiger partial charge in [0.15, 0.2) is 0 Å². The number of nitrogens with zero attached hydrogens (tertiary/aromatic N) is 1. The van der Waals surface area contributed by atoms with Gasteiger partial charge in [0.05, 0.1) is 6.04 Å². The Bertz CT molecular complexity index is 743. The second-order valence-electron chi connectivity index (χ2n) is 4.91. The number of aromatic hydroxyl groups is 1. The van der Waals surface area contributed by atoms with Gasteiger partial charge in [0.2, 0.25) is 0 Å². The summed E-state index contributed by atoms with van der Waals surface area (Å²) < 4.78 is 0. The van der Waals surface area contributed by atoms with Crippen LogP contribution in [-0.2, 0) is 0 Å². The van der Waals surface area contributed by atoms with Crippen LogP contribution < -0.4 is 11.1 Å². The number of fused-ring (bicyclic) bond motifs is 1. The molecular formula is C17H17N3O. The molecule has 0 aliphatic heterocycles. The van der Waals surface area contributed by atoms with E-state index in [4.69, 9.17) is 5.73 Å². The van der Waals surface area contributed by atoms with Gasteiger partial charge >= 0.3 is 0 Å². The lowest BCUT2D eigenvalue weighted by molar-refractivity contribution is 0.476. The van der Waals surface area contributed by atoms with Crippen molar-refractivity contribution >= 4 is 16.6 Å². The molecule has 0 aliphatic carbocycles. The first kappa shape index (κ1) is 13.4. The van der Waals surface area contributed by atoms with Crippen LogP contribution in [0.25, 0.3) is 10.8 Å². The van der Waals surface area contributed by atoms with E-state index < -0.39 is 0 Å². The van der Waals surface area contributed by atoms with Gasteiger partial charge in [0.1, 0.15) is 11.6 Å². The van der Waals surface area contributed by atoms with Crippen LogP contribution in [0.1, 0.15) is 11.6 Å². The third-order valence-corrected chi connectivity index (χ3v) is 3.50. The van der Waals surface area contributed by atoms with Crippen LogP contribution in [0.2, 0.25) is 0 Å². The van der Waals surface area contributed by atoms with Gasteiger partial charge in [0, 0.05) is 18.1 Å². The standard InChI is InChI=1S/C17H17N3O/c18-11-16(13-4-2-1-3-5-13)20-17-15-10-14(21)7-6-12(15)8-9-19-17/h1-10,16,21H,11,18H2,(H,19,20). The van der Waals surface area contributed by atoms with Crippen molar-refractivity contribution in [2.24, 2.45) is 5.73 Å². The van der Waals surface area contributed by atoms with E-state index in [0.717, 1.165) is 22.2 Å². The van der Waals surface area contributed by atoms with Crippen molar-refractivity contribution in [1.29, 1.82) is 0 Å². The second kappa shape index (κ2) is 5.81. The zero-order valence-electron chi connectivity index (χ0n) is 11.5. The Labute approximate surface area is 123 Å². The number of aromatic nitrogens is 1. The number of rotatable bonds is 4. The number of pyridine rings is 1. The van der Waals surface area contributed by atoms with E-state index in [1.165, 1.54) is 0 Å². The predicted molar refractivity (Wildman–Crippen MR) is 85.3 cm³/mol. The molecule has 0 aliphatic rings. The van der Waals surface area contributed by atoms with Crippen molar-refractivity contribution in [2.75, 3.05) is 11.9 Å². The maximum Gasteiger partial charge on any atom is 0.134 e. The molecule has 1 aromatic heterocycles. The van der Waals surface area contributed by atoms with E-state index in [-0.39, 0.29) is 11.8 Å². The number of phenolic OH excluding ortho intramolecular Hbond substituents is 1. The minimum atomic E-state index is -0.0216. The van der Waals surface area contributed by atoms with Crippen molar-refractivity contribution in [3.8, 4) is 5.75 Å². The maximum atomic E-state index is 9.68. The maximum absolute atomic E-state index is 9.68. The van der Waals surface area contributed by atoms with Gasteiger partial charge in [0.25, 0.3) is 0 Å². The molecule has 0 saturated heterocycles. The van der Waals surface area contributed by atoms with Crippen LogP contribution in [-0.4, -0.2) is 16.6 Å². The Kier molecular flexibility index (Phi) is 3.71. The van der Waals surface area contributed by atoms with E-state index in [1.54, 1.807) is 18.3 Å². The Balaban J connectivity index is 1.99. The van der Waals surface area contributed by atoms with Gasteiger partial charge in [-0.2, -0.15) is 0 Å². The zero-order chi connectivity index (χ0) is 14.7. The molecule has 1 unspecified atom stereocenters. The third kappa shape index (κ3) is 2.80. The molecule has 3 aromatic rings. The van der Waals surface area contributed by atoms with Crippen LogP contribution in [0, 0.1) is 0 Å². The summed E-state index contributed by atoms with van der Waals surface area (Å²) in [5, 5.41) is 15.0. The van der Waals surface area contributed by atoms with Gasteiger partial charge in [-0.15, -0.1) is 0 Å². The highest BCUT2D eigenvalue weighted by molar-refractivity contribution is 5.92. The normalized spacial score (nSPS) is 12.2. The molecule has 2 aromatic carbocycles. The van der Waals surface area contributed by atoms with Crippen molar-refractivity contribution in [3.63, 3.8) is 0 Å². The molecule has 0 radical (unpaired) electrons. The molecule has 21 heavy (non-hydrogen) atoms. The number of anilines is 1. The highest BCUT2D eigenvalue weighted by Crippen LogP contribution is 2.27. The molecule has 0 spiro atoms. The molecule has 0 amide bonds. The third-order valence-electron chi connectivity index (χ3n) is 3.50. The molecule has 1 atom stereocenters. The van der Waals surface area contributed by atoms with Gasteiger partial charge in [-0.3, -0.25) is 0 Å². The summed E-state index contributed by atoms with van der Waals surface area (Å²) in [4.78, 5) is 4.38. The molecule has 1 heterocycles. The number of nitrogens with two attached hydrogens (primary N) is 1. The quantitative estimate of drug-likeness (QED) is 0.686. The van der Waals surface area contributed by atoms with Crippen molar-refractivity contribution < 1.29 is 5.11 Å². The van der Waals surface area contributed by atoms with Crippen LogP contribution in [0.15, 0.2) is 60.8 Å². The number of benzene rings is 2. The fourth-order valence-electron chi connectivity index (χ4n) is 2.40. The summed E-state index contributed by atoms with van der Waals surface area (Å²) >= 11 is 0. The molecule has 106 valence electrons. The lowest BCUT2D eigenvalue weighted by Crippen LogP contribution is -2.21. The van der Waals surface area contributed by atoms with E-state index in [1.807, 2.05) is 42.5 Å². The first-order valence-corrected chi connectivity index (χ1v) is 6.87. The highest BCUT2D eigenvalue weighted by Gasteiger charge is 2.11. The number of nitrogens with one attached hydrogen (secondary N) is 1. The molecule has 3 rings (SSSR count). The van der Waals surface area contributed by atoms with E-state index >= 15 is 0 Å². The van der Waals surface area contributed by atoms with Crippen LogP contribution in [0.3, 0.4) is 0 Å². The molecule has 0 saturated carbocycles. The van der Waals surface area contributed by atoms with Crippen molar-refractivity contribution in [1.82, 2.24) is 4.98 Å². The van der Waals surface area contributed by atoms with E-state index in [0.29, 0.717) is 6.54 Å². The topological polar surface area (TPSA) is 71.2 Å². The van der Waals surface area contributed by atoms with Crippen LogP contribution >= 0.6 is 0 Å². The zero-order valence-corrected chi connectivity index (χ0v) is 11.5. The van der Waals surface area contributed by atoms with Gasteiger partial charge in [-0.25, -0.2) is 4.98 Å². The Hall–Kier alpha value is -2.59. The summed E-state index contributed by atoms with van der Waals surface area (Å²) in [7, 11) is 0. The van der Waals surface area contributed by atoms with Gasteiger partial charge < -0.3 is 16.2 Å². The minimum Gasteiger partial charge on any atom is -0.508 e. The minimum absolute atomic E-state index is 0.0216. The summed E-state index contributed by atoms with van der Waals surface area (Å²) in [6.45, 7) is 0.459. The smallest absolute Gasteiger partial charge is 0.134 e.